The number of nitrogens with zero attached hydrogens (tertiary/aromatic N) is 4. The molecular weight excluding hydrogens is 922 g/mol. The van der Waals surface area contributed by atoms with Crippen molar-refractivity contribution in [3.05, 3.63) is 99.6 Å². The average Bonchev–Trinajstić information content (AvgIpc) is 3.95. The third-order valence-electron chi connectivity index (χ3n) is 15.4. The molecule has 7 rings (SSSR count). The fraction of sp³-hybridized carbons (Fsp3) is 0.536. The molecule has 1 aromatic heterocycles. The Balaban J connectivity index is 0.831. The van der Waals surface area contributed by atoms with Crippen LogP contribution >= 0.6 is 22.9 Å². The number of halogens is 1. The van der Waals surface area contributed by atoms with E-state index in [9.17, 15) is 29.5 Å². The van der Waals surface area contributed by atoms with Gasteiger partial charge < -0.3 is 29.7 Å². The topological polar surface area (TPSA) is 162 Å². The molecule has 0 radical (unpaired) electrons. The predicted molar refractivity (Wildman–Crippen MR) is 275 cm³/mol. The number of hydrogen-bond donors (Lipinski definition) is 2. The number of aliphatic hydroxyl groups is 1. The number of aliphatic hydroxyl groups excluding tert-OH is 1. The van der Waals surface area contributed by atoms with E-state index in [1.807, 2.05) is 88.7 Å². The first-order chi connectivity index (χ1) is 33.1. The van der Waals surface area contributed by atoms with Crippen LogP contribution in [0.2, 0.25) is 5.02 Å². The fourth-order valence-corrected chi connectivity index (χ4v) is 12.4. The maximum Gasteiger partial charge on any atom is 0.243 e. The van der Waals surface area contributed by atoms with E-state index in [0.29, 0.717) is 40.8 Å². The summed E-state index contributed by atoms with van der Waals surface area (Å²) in [6.45, 7) is 20.4. The zero-order chi connectivity index (χ0) is 50.7. The number of carbonyl (C=O) groups is 4. The van der Waals surface area contributed by atoms with Crippen LogP contribution in [0.4, 0.5) is 5.69 Å². The van der Waals surface area contributed by atoms with Gasteiger partial charge in [-0.25, -0.2) is 4.98 Å². The lowest BCUT2D eigenvalue weighted by molar-refractivity contribution is -0.196. The Hall–Kier alpha value is -5.13. The number of ketones is 2. The highest BCUT2D eigenvalue weighted by molar-refractivity contribution is 7.13. The Bertz CT molecular complexity index is 2540. The second-order valence-corrected chi connectivity index (χ2v) is 23.3. The van der Waals surface area contributed by atoms with Crippen LogP contribution in [0.15, 0.2) is 72.2 Å². The van der Waals surface area contributed by atoms with E-state index in [4.69, 9.17) is 21.1 Å². The normalized spacial score (nSPS) is 21.9. The number of anilines is 1. The number of Topliss-reactive ketones (excluding diaryl/α,β-unsaturated/α-hetero) is 2. The summed E-state index contributed by atoms with van der Waals surface area (Å²) in [5.41, 5.74) is 5.87. The molecule has 14 heteroatoms. The number of nitriles is 1. The monoisotopic (exact) mass is 991 g/mol. The van der Waals surface area contributed by atoms with Gasteiger partial charge in [0.1, 0.15) is 30.6 Å². The summed E-state index contributed by atoms with van der Waals surface area (Å²) in [7, 11) is 0. The highest BCUT2D eigenvalue weighted by atomic mass is 35.5. The van der Waals surface area contributed by atoms with Crippen molar-refractivity contribution < 1.29 is 33.8 Å². The molecule has 3 aliphatic rings. The Labute approximate surface area is 423 Å². The number of piperidine rings is 1. The number of likely N-dealkylation sites (tertiary alicyclic amines) is 1. The molecule has 3 heterocycles. The summed E-state index contributed by atoms with van der Waals surface area (Å²) in [5.74, 6) is -0.220. The zero-order valence-corrected chi connectivity index (χ0v) is 43.8. The molecule has 2 N–H and O–H groups in total. The molecule has 0 spiro atoms. The van der Waals surface area contributed by atoms with Crippen LogP contribution in [0.25, 0.3) is 10.4 Å². The third-order valence-corrected chi connectivity index (χ3v) is 16.7. The van der Waals surface area contributed by atoms with Crippen molar-refractivity contribution in [2.75, 3.05) is 37.7 Å². The van der Waals surface area contributed by atoms with Crippen molar-refractivity contribution in [1.29, 1.82) is 5.26 Å². The minimum atomic E-state index is -0.849. The number of amides is 2. The van der Waals surface area contributed by atoms with Crippen LogP contribution in [0.5, 0.6) is 5.75 Å². The van der Waals surface area contributed by atoms with Gasteiger partial charge in [0, 0.05) is 79.6 Å². The Morgan fingerprint density at radius 2 is 1.67 bits per heavy atom. The number of nitrogens with one attached hydrogen (secondary N) is 1. The standard InChI is InChI=1S/C56H70ClN5O7S/c1-34(37-10-12-39(13-11-37)50-35(2)59-33-70-50)60-51(66)47-27-42(63)31-62(47)52(67)45(54(3,4)5)26-43(64)32-68-25-22-36-20-23-61(24-21-36)41-17-14-38(15-18-41)48(65)29-49-55(6,7)53(56(49,8)9)69-44-19-16-40(30-58)46(57)28-44/h10-19,28,33-34,36,42,45,47,49,53,63H,20-27,29,31-32H2,1-9H3,(H,60,66)/t34-,42+,45+,47-,49?,53?/m0/s1. The van der Waals surface area contributed by atoms with Crippen molar-refractivity contribution in [1.82, 2.24) is 15.2 Å². The molecule has 4 atom stereocenters. The maximum atomic E-state index is 14.2. The van der Waals surface area contributed by atoms with E-state index in [-0.39, 0.29) is 78.3 Å². The lowest BCUT2D eigenvalue weighted by atomic mass is 9.44. The summed E-state index contributed by atoms with van der Waals surface area (Å²) >= 11 is 7.86. The largest absolute Gasteiger partial charge is 0.489 e. The molecule has 2 amide bonds. The van der Waals surface area contributed by atoms with Gasteiger partial charge in [-0.2, -0.15) is 5.26 Å². The molecule has 70 heavy (non-hydrogen) atoms. The van der Waals surface area contributed by atoms with Crippen LogP contribution in [0.3, 0.4) is 0 Å². The zero-order valence-electron chi connectivity index (χ0n) is 42.2. The number of aromatic nitrogens is 1. The van der Waals surface area contributed by atoms with Crippen LogP contribution < -0.4 is 15.0 Å². The van der Waals surface area contributed by atoms with Gasteiger partial charge in [-0.1, -0.05) is 84.3 Å². The minimum Gasteiger partial charge on any atom is -0.489 e. The number of carbonyl (C=O) groups excluding carboxylic acids is 4. The lowest BCUT2D eigenvalue weighted by Crippen LogP contribution is -2.66. The molecular formula is C56H70ClN5O7S. The first-order valence-electron chi connectivity index (χ1n) is 24.7. The van der Waals surface area contributed by atoms with E-state index >= 15 is 0 Å². The van der Waals surface area contributed by atoms with Gasteiger partial charge in [0.2, 0.25) is 11.8 Å². The van der Waals surface area contributed by atoms with Crippen LogP contribution in [-0.2, 0) is 19.1 Å². The predicted octanol–water partition coefficient (Wildman–Crippen LogP) is 10.4. The van der Waals surface area contributed by atoms with Gasteiger partial charge in [0.05, 0.1) is 38.8 Å². The third kappa shape index (κ3) is 11.8. The van der Waals surface area contributed by atoms with E-state index < -0.39 is 23.5 Å². The molecule has 2 aliphatic heterocycles. The van der Waals surface area contributed by atoms with Gasteiger partial charge >= 0.3 is 0 Å². The average molecular weight is 993 g/mol. The number of rotatable bonds is 18. The Morgan fingerprint density at radius 3 is 2.27 bits per heavy atom. The summed E-state index contributed by atoms with van der Waals surface area (Å²) in [6.07, 6.45) is 2.34. The van der Waals surface area contributed by atoms with Crippen molar-refractivity contribution in [3.63, 3.8) is 0 Å². The van der Waals surface area contributed by atoms with Gasteiger partial charge in [0.15, 0.2) is 11.6 Å². The quantitative estimate of drug-likeness (QED) is 0.0725. The van der Waals surface area contributed by atoms with E-state index in [0.717, 1.165) is 59.7 Å². The Morgan fingerprint density at radius 1 is 1.00 bits per heavy atom. The Kier molecular flexibility index (Phi) is 16.3. The van der Waals surface area contributed by atoms with Gasteiger partial charge in [-0.3, -0.25) is 19.2 Å². The SMILES string of the molecule is Cc1ncsc1-c1ccc([C@H](C)NC(=O)[C@@H]2C[C@@H](O)CN2C(=O)[C@@H](CC(=O)COCCC2CCN(c3ccc(C(=O)CC4C(C)(C)C(Oc5ccc(C#N)c(Cl)c5)C4(C)C)cc3)CC2)C(C)(C)C)cc1. The van der Waals surface area contributed by atoms with Crippen LogP contribution in [0.1, 0.15) is 127 Å². The molecule has 3 aromatic carbocycles. The molecule has 1 saturated carbocycles. The molecule has 0 unspecified atom stereocenters. The van der Waals surface area contributed by atoms with Crippen molar-refractivity contribution >= 4 is 52.0 Å². The van der Waals surface area contributed by atoms with Crippen LogP contribution in [0, 0.1) is 52.3 Å². The summed E-state index contributed by atoms with van der Waals surface area (Å²) < 4.78 is 12.3. The van der Waals surface area contributed by atoms with Crippen LogP contribution in [-0.4, -0.2) is 89.5 Å². The van der Waals surface area contributed by atoms with Crippen molar-refractivity contribution in [2.45, 2.75) is 125 Å². The fourth-order valence-electron chi connectivity index (χ4n) is 11.3. The molecule has 3 fully saturated rings. The van der Waals surface area contributed by atoms with E-state index in [2.05, 4.69) is 49.0 Å². The summed E-state index contributed by atoms with van der Waals surface area (Å²) in [4.78, 5) is 64.2. The van der Waals surface area contributed by atoms with E-state index in [1.165, 1.54) is 4.90 Å². The molecule has 0 bridgehead atoms. The second-order valence-electron chi connectivity index (χ2n) is 22.1. The number of aryl methyl sites for hydroxylation is 1. The van der Waals surface area contributed by atoms with E-state index in [1.54, 1.807) is 29.5 Å². The first-order valence-corrected chi connectivity index (χ1v) is 26.0. The maximum absolute atomic E-state index is 14.2. The lowest BCUT2D eigenvalue weighted by Gasteiger charge is -2.63. The molecule has 374 valence electrons. The van der Waals surface area contributed by atoms with Gasteiger partial charge in [-0.05, 0) is 97.9 Å². The highest BCUT2D eigenvalue weighted by Crippen LogP contribution is 2.62. The number of hydrogen-bond acceptors (Lipinski definition) is 11. The summed E-state index contributed by atoms with van der Waals surface area (Å²) in [5, 5.41) is 23.4. The minimum absolute atomic E-state index is 0.0168. The number of ether oxygens (including phenoxy) is 2. The highest BCUT2D eigenvalue weighted by Gasteiger charge is 2.63. The molecule has 1 aliphatic carbocycles. The smallest absolute Gasteiger partial charge is 0.243 e. The molecule has 2 saturated heterocycles. The molecule has 12 nitrogen and oxygen atoms in total. The first kappa shape index (κ1) is 52.7. The van der Waals surface area contributed by atoms with Gasteiger partial charge in [-0.15, -0.1) is 11.3 Å². The number of β-amino-alcohol motifs (C(OH)–C–C–N with tert-alkyl or cyclic N) is 1. The van der Waals surface area contributed by atoms with Gasteiger partial charge in [0.25, 0.3) is 0 Å². The molecule has 4 aromatic rings. The summed E-state index contributed by atoms with van der Waals surface area (Å²) in [6, 6.07) is 22.0. The van der Waals surface area contributed by atoms with Crippen molar-refractivity contribution in [2.24, 2.45) is 34.0 Å². The second kappa shape index (κ2) is 21.7. The number of benzene rings is 3. The van der Waals surface area contributed by atoms with Crippen molar-refractivity contribution in [3.8, 4) is 22.3 Å². The number of thiazole rings is 1.